The quantitative estimate of drug-likeness (QED) is 0.722. The Morgan fingerprint density at radius 1 is 1.28 bits per heavy atom. The maximum Gasteiger partial charge on any atom is 0.407 e. The number of nitrogens with one attached hydrogen (secondary N) is 1. The van der Waals surface area contributed by atoms with Gasteiger partial charge in [-0.2, -0.15) is 0 Å². The fourth-order valence-electron chi connectivity index (χ4n) is 5.00. The number of carbonyl (C=O) groups is 1. The first-order valence-corrected chi connectivity index (χ1v) is 10.7. The van der Waals surface area contributed by atoms with Gasteiger partial charge >= 0.3 is 6.09 Å². The van der Waals surface area contributed by atoms with Crippen molar-refractivity contribution in [2.75, 3.05) is 32.2 Å². The Hall–Kier alpha value is -2.01. The van der Waals surface area contributed by atoms with Gasteiger partial charge in [0.15, 0.2) is 0 Å². The Labute approximate surface area is 175 Å². The minimum Gasteiger partial charge on any atom is -0.449 e. The van der Waals surface area contributed by atoms with E-state index in [0.29, 0.717) is 19.1 Å². The van der Waals surface area contributed by atoms with Gasteiger partial charge in [-0.15, -0.1) is 0 Å². The number of ether oxygens (including phenoxy) is 2. The smallest absolute Gasteiger partial charge is 0.407 e. The van der Waals surface area contributed by atoms with Crippen molar-refractivity contribution in [3.05, 3.63) is 41.5 Å². The second-order valence-electron chi connectivity index (χ2n) is 9.34. The largest absolute Gasteiger partial charge is 0.449 e. The third kappa shape index (κ3) is 4.16. The van der Waals surface area contributed by atoms with Crippen molar-refractivity contribution in [2.45, 2.75) is 46.8 Å². The predicted octanol–water partition coefficient (Wildman–Crippen LogP) is 4.79. The lowest BCUT2D eigenvalue weighted by Gasteiger charge is -2.55. The molecular weight excluding hydrogens is 364 g/mol. The first kappa shape index (κ1) is 21.7. The van der Waals surface area contributed by atoms with E-state index in [-0.39, 0.29) is 35.5 Å². The van der Waals surface area contributed by atoms with Gasteiger partial charge in [0.1, 0.15) is 6.61 Å². The lowest BCUT2D eigenvalue weighted by Crippen LogP contribution is -2.55. The van der Waals surface area contributed by atoms with Gasteiger partial charge in [-0.1, -0.05) is 37.6 Å². The summed E-state index contributed by atoms with van der Waals surface area (Å²) in [6.45, 7) is 11.6. The molecule has 1 aliphatic carbocycles. The summed E-state index contributed by atoms with van der Waals surface area (Å²) >= 11 is 0. The van der Waals surface area contributed by atoms with E-state index in [0.717, 1.165) is 0 Å². The number of hydrogen-bond donors (Lipinski definition) is 1. The van der Waals surface area contributed by atoms with Gasteiger partial charge in [0.2, 0.25) is 0 Å². The molecule has 29 heavy (non-hydrogen) atoms. The summed E-state index contributed by atoms with van der Waals surface area (Å²) in [6, 6.07) is 8.72. The molecule has 2 bridgehead atoms. The van der Waals surface area contributed by atoms with Crippen LogP contribution in [-0.4, -0.2) is 39.4 Å². The fourth-order valence-corrected chi connectivity index (χ4v) is 5.00. The van der Waals surface area contributed by atoms with Gasteiger partial charge in [-0.3, -0.25) is 0 Å². The second kappa shape index (κ2) is 8.39. The predicted molar refractivity (Wildman–Crippen MR) is 117 cm³/mol. The van der Waals surface area contributed by atoms with Crippen LogP contribution >= 0.6 is 0 Å². The number of rotatable bonds is 5. The molecule has 5 nitrogen and oxygen atoms in total. The maximum absolute atomic E-state index is 12.1. The third-order valence-corrected chi connectivity index (χ3v) is 6.87. The van der Waals surface area contributed by atoms with Crippen LogP contribution < -0.4 is 10.2 Å². The molecule has 0 saturated carbocycles. The van der Waals surface area contributed by atoms with Gasteiger partial charge in [0.25, 0.3) is 0 Å². The molecule has 0 radical (unpaired) electrons. The number of alkyl carbamates (subject to hydrolysis) is 1. The van der Waals surface area contributed by atoms with Gasteiger partial charge in [0, 0.05) is 37.2 Å². The highest BCUT2D eigenvalue weighted by Gasteiger charge is 2.54. The minimum atomic E-state index is -0.349. The van der Waals surface area contributed by atoms with Crippen LogP contribution in [-0.2, 0) is 9.47 Å². The van der Waals surface area contributed by atoms with E-state index in [2.05, 4.69) is 61.3 Å². The molecule has 5 heteroatoms. The van der Waals surface area contributed by atoms with Crippen molar-refractivity contribution in [1.29, 1.82) is 0 Å². The van der Waals surface area contributed by atoms with Crippen LogP contribution in [0.1, 0.15) is 46.3 Å². The van der Waals surface area contributed by atoms with Crippen LogP contribution in [0.15, 0.2) is 35.9 Å². The van der Waals surface area contributed by atoms with E-state index in [1.807, 2.05) is 27.9 Å². The molecule has 1 N–H and O–H groups in total. The Balaban J connectivity index is 1.83. The number of amides is 1. The highest BCUT2D eigenvalue weighted by molar-refractivity contribution is 5.67. The Bertz CT molecular complexity index is 756. The normalized spacial score (nSPS) is 31.2. The minimum absolute atomic E-state index is 0.0302. The molecule has 1 fully saturated rings. The first-order chi connectivity index (χ1) is 13.7. The Morgan fingerprint density at radius 2 is 1.93 bits per heavy atom. The molecule has 1 saturated heterocycles. The van der Waals surface area contributed by atoms with Crippen LogP contribution in [0.25, 0.3) is 0 Å². The molecule has 0 aromatic heterocycles. The van der Waals surface area contributed by atoms with Crippen LogP contribution in [0, 0.1) is 23.2 Å². The van der Waals surface area contributed by atoms with Crippen molar-refractivity contribution in [2.24, 2.45) is 23.2 Å². The number of benzene rings is 1. The van der Waals surface area contributed by atoms with E-state index in [1.54, 1.807) is 0 Å². The average molecular weight is 401 g/mol. The van der Waals surface area contributed by atoms with Gasteiger partial charge in [-0.25, -0.2) is 4.79 Å². The van der Waals surface area contributed by atoms with Crippen molar-refractivity contribution < 1.29 is 14.3 Å². The zero-order valence-electron chi connectivity index (χ0n) is 18.9. The summed E-state index contributed by atoms with van der Waals surface area (Å²) in [7, 11) is 4.10. The molecule has 1 aliphatic heterocycles. The summed E-state index contributed by atoms with van der Waals surface area (Å²) in [5, 5.41) is 2.82. The molecule has 5 atom stereocenters. The van der Waals surface area contributed by atoms with Crippen LogP contribution in [0.3, 0.4) is 0 Å². The lowest BCUT2D eigenvalue weighted by molar-refractivity contribution is -0.165. The molecule has 3 rings (SSSR count). The molecule has 0 spiro atoms. The highest BCUT2D eigenvalue weighted by Crippen LogP contribution is 2.56. The van der Waals surface area contributed by atoms with Crippen LogP contribution in [0.4, 0.5) is 10.5 Å². The summed E-state index contributed by atoms with van der Waals surface area (Å²) in [5.41, 5.74) is 3.56. The Morgan fingerprint density at radius 3 is 2.52 bits per heavy atom. The lowest BCUT2D eigenvalue weighted by atomic mass is 9.56. The number of allylic oxidation sites excluding steroid dienone is 1. The molecule has 1 amide bonds. The van der Waals surface area contributed by atoms with Crippen molar-refractivity contribution in [3.63, 3.8) is 0 Å². The maximum atomic E-state index is 12.1. The van der Waals surface area contributed by atoms with Gasteiger partial charge in [0.05, 0.1) is 12.7 Å². The summed E-state index contributed by atoms with van der Waals surface area (Å²) < 4.78 is 12.2. The van der Waals surface area contributed by atoms with Gasteiger partial charge in [-0.05, 0) is 50.3 Å². The molecule has 1 heterocycles. The molecule has 160 valence electrons. The van der Waals surface area contributed by atoms with Crippen LogP contribution in [0.2, 0.25) is 0 Å². The monoisotopic (exact) mass is 400 g/mol. The molecule has 2 aliphatic rings. The number of nitrogens with zero attached hydrogens (tertiary/aromatic N) is 1. The molecule has 1 aromatic rings. The highest BCUT2D eigenvalue weighted by atomic mass is 16.6. The van der Waals surface area contributed by atoms with E-state index in [4.69, 9.17) is 9.47 Å². The van der Waals surface area contributed by atoms with E-state index < -0.39 is 0 Å². The molecule has 1 aromatic carbocycles. The van der Waals surface area contributed by atoms with Crippen molar-refractivity contribution in [1.82, 2.24) is 5.32 Å². The van der Waals surface area contributed by atoms with E-state index in [9.17, 15) is 4.79 Å². The zero-order chi connectivity index (χ0) is 21.3. The summed E-state index contributed by atoms with van der Waals surface area (Å²) in [5.74, 6) is 0.918. The van der Waals surface area contributed by atoms with Crippen LogP contribution in [0.5, 0.6) is 0 Å². The third-order valence-electron chi connectivity index (χ3n) is 6.87. The number of fused-ring (bicyclic) bond motifs is 2. The second-order valence-corrected chi connectivity index (χ2v) is 9.34. The topological polar surface area (TPSA) is 50.8 Å². The summed E-state index contributed by atoms with van der Waals surface area (Å²) in [6.07, 6.45) is 2.04. The van der Waals surface area contributed by atoms with Crippen molar-refractivity contribution >= 4 is 11.8 Å². The van der Waals surface area contributed by atoms with Gasteiger partial charge < -0.3 is 19.7 Å². The number of anilines is 1. The number of hydrogen-bond acceptors (Lipinski definition) is 4. The van der Waals surface area contributed by atoms with E-state index in [1.165, 1.54) is 16.8 Å². The molecular formula is C24H36N2O3. The first-order valence-electron chi connectivity index (χ1n) is 10.7. The fraction of sp³-hybridized carbons (Fsp3) is 0.625. The summed E-state index contributed by atoms with van der Waals surface area (Å²) in [4.78, 5) is 14.2. The zero-order valence-corrected chi connectivity index (χ0v) is 18.9. The SMILES string of the molecule is CC1=CC(C)[C@]2(COC(=O)NC(C)C)COC(c3ccc(N(C)C)cc3)C1[C@H]2C. The average Bonchev–Trinajstić information content (AvgIpc) is 2.65. The number of carbonyl (C=O) groups excluding carboxylic acids is 1. The Kier molecular flexibility index (Phi) is 6.27. The van der Waals surface area contributed by atoms with E-state index >= 15 is 0 Å². The standard InChI is InChI=1S/C24H36N2O3/c1-15(2)25-23(27)29-14-24-13-28-22(19-8-10-20(11-9-19)26(6)7)21(18(24)5)16(3)12-17(24)4/h8-12,15,17-18,21-22H,13-14H2,1-7H3,(H,25,27)/t17?,18-,21?,22?,24-/m1/s1. The van der Waals surface area contributed by atoms with Crippen molar-refractivity contribution in [3.8, 4) is 0 Å². The molecule has 3 unspecified atom stereocenters.